The molecular formula is C16H18F2N2O4. The highest BCUT2D eigenvalue weighted by Gasteiger charge is 2.14. The first-order chi connectivity index (χ1) is 11.5. The van der Waals surface area contributed by atoms with Crippen molar-refractivity contribution in [1.29, 1.82) is 0 Å². The molecule has 0 saturated carbocycles. The van der Waals surface area contributed by atoms with Crippen LogP contribution in [0.4, 0.5) is 8.78 Å². The minimum Gasteiger partial charge on any atom is -0.482 e. The fourth-order valence-electron chi connectivity index (χ4n) is 1.84. The zero-order valence-electron chi connectivity index (χ0n) is 13.1. The highest BCUT2D eigenvalue weighted by Crippen LogP contribution is 2.19. The lowest BCUT2D eigenvalue weighted by Gasteiger charge is -2.07. The van der Waals surface area contributed by atoms with E-state index in [1.807, 2.05) is 6.92 Å². The van der Waals surface area contributed by atoms with Crippen molar-refractivity contribution < 1.29 is 27.9 Å². The molecule has 1 aromatic heterocycles. The molecule has 0 fully saturated rings. The molecule has 1 heterocycles. The van der Waals surface area contributed by atoms with Crippen LogP contribution in [0.25, 0.3) is 0 Å². The van der Waals surface area contributed by atoms with E-state index in [-0.39, 0.29) is 36.3 Å². The smallest absolute Gasteiger partial charge is 0.273 e. The third kappa shape index (κ3) is 5.02. The van der Waals surface area contributed by atoms with Gasteiger partial charge in [0.1, 0.15) is 12.4 Å². The molecule has 0 bridgehead atoms. The Morgan fingerprint density at radius 1 is 1.42 bits per heavy atom. The summed E-state index contributed by atoms with van der Waals surface area (Å²) in [5.74, 6) is -1.75. The van der Waals surface area contributed by atoms with Gasteiger partial charge in [0.25, 0.3) is 5.91 Å². The predicted molar refractivity (Wildman–Crippen MR) is 80.4 cm³/mol. The van der Waals surface area contributed by atoms with Crippen LogP contribution in [-0.2, 0) is 6.61 Å². The Bertz CT molecular complexity index is 690. The summed E-state index contributed by atoms with van der Waals surface area (Å²) in [5.41, 5.74) is 0.0739. The molecule has 2 rings (SSSR count). The fourth-order valence-corrected chi connectivity index (χ4v) is 1.84. The predicted octanol–water partition coefficient (Wildman–Crippen LogP) is 2.28. The third-order valence-corrected chi connectivity index (χ3v) is 3.29. The van der Waals surface area contributed by atoms with Crippen LogP contribution in [0.5, 0.6) is 5.75 Å². The number of rotatable bonds is 8. The summed E-state index contributed by atoms with van der Waals surface area (Å²) in [6, 6.07) is 4.33. The normalized spacial score (nSPS) is 12.0. The number of benzene rings is 1. The first kappa shape index (κ1) is 17.9. The number of nitrogens with one attached hydrogen (secondary N) is 1. The molecule has 0 radical (unpaired) electrons. The molecular weight excluding hydrogens is 322 g/mol. The maximum Gasteiger partial charge on any atom is 0.273 e. The van der Waals surface area contributed by atoms with Crippen LogP contribution in [0, 0.1) is 17.6 Å². The highest BCUT2D eigenvalue weighted by atomic mass is 19.1. The number of carbonyl (C=O) groups excluding carboxylic acids is 1. The topological polar surface area (TPSA) is 84.6 Å². The molecule has 0 saturated heterocycles. The van der Waals surface area contributed by atoms with Crippen molar-refractivity contribution in [3.63, 3.8) is 0 Å². The second-order valence-electron chi connectivity index (χ2n) is 5.37. The van der Waals surface area contributed by atoms with Gasteiger partial charge in [-0.3, -0.25) is 4.79 Å². The van der Waals surface area contributed by atoms with Gasteiger partial charge in [-0.2, -0.15) is 0 Å². The van der Waals surface area contributed by atoms with E-state index in [1.165, 1.54) is 6.07 Å². The van der Waals surface area contributed by atoms with Crippen molar-refractivity contribution in [2.45, 2.75) is 20.0 Å². The minimum absolute atomic E-state index is 0.0568. The van der Waals surface area contributed by atoms with Crippen LogP contribution in [0.2, 0.25) is 0 Å². The molecule has 1 atom stereocenters. The highest BCUT2D eigenvalue weighted by molar-refractivity contribution is 5.92. The van der Waals surface area contributed by atoms with Gasteiger partial charge in [0.2, 0.25) is 0 Å². The van der Waals surface area contributed by atoms with Crippen LogP contribution in [-0.4, -0.2) is 29.3 Å². The van der Waals surface area contributed by atoms with Crippen LogP contribution < -0.4 is 10.1 Å². The molecule has 6 nitrogen and oxygen atoms in total. The van der Waals surface area contributed by atoms with Gasteiger partial charge in [-0.25, -0.2) is 8.78 Å². The maximum absolute atomic E-state index is 13.4. The molecule has 2 N–H and O–H groups in total. The molecule has 2 aromatic rings. The molecule has 1 aromatic carbocycles. The number of hydrogen-bond acceptors (Lipinski definition) is 5. The van der Waals surface area contributed by atoms with Crippen molar-refractivity contribution in [2.24, 2.45) is 5.92 Å². The lowest BCUT2D eigenvalue weighted by molar-refractivity contribution is 0.0940. The van der Waals surface area contributed by atoms with E-state index in [9.17, 15) is 13.6 Å². The van der Waals surface area contributed by atoms with E-state index >= 15 is 0 Å². The lowest BCUT2D eigenvalue weighted by atomic mass is 10.1. The Labute approximate surface area is 137 Å². The number of halogens is 2. The van der Waals surface area contributed by atoms with Crippen molar-refractivity contribution in [2.75, 3.05) is 13.2 Å². The molecule has 0 spiro atoms. The van der Waals surface area contributed by atoms with Crippen molar-refractivity contribution in [3.8, 4) is 5.75 Å². The Morgan fingerprint density at radius 3 is 2.92 bits per heavy atom. The Balaban J connectivity index is 1.85. The fraction of sp³-hybridized carbons (Fsp3) is 0.375. The van der Waals surface area contributed by atoms with E-state index in [4.69, 9.17) is 14.4 Å². The van der Waals surface area contributed by atoms with Crippen molar-refractivity contribution in [3.05, 3.63) is 47.4 Å². The molecule has 0 aliphatic carbocycles. The first-order valence-electron chi connectivity index (χ1n) is 7.42. The van der Waals surface area contributed by atoms with Gasteiger partial charge in [0.15, 0.2) is 23.0 Å². The first-order valence-corrected chi connectivity index (χ1v) is 7.42. The largest absolute Gasteiger partial charge is 0.482 e. The van der Waals surface area contributed by atoms with Gasteiger partial charge in [0, 0.05) is 25.3 Å². The number of hydrogen-bond donors (Lipinski definition) is 2. The molecule has 130 valence electrons. The number of nitrogens with zero attached hydrogens (tertiary/aromatic N) is 1. The number of aliphatic hydroxyl groups is 1. The average molecular weight is 340 g/mol. The van der Waals surface area contributed by atoms with Crippen molar-refractivity contribution >= 4 is 5.91 Å². The van der Waals surface area contributed by atoms with Gasteiger partial charge in [0.05, 0.1) is 0 Å². The van der Waals surface area contributed by atoms with Crippen LogP contribution in [0.3, 0.4) is 0 Å². The summed E-state index contributed by atoms with van der Waals surface area (Å²) < 4.78 is 36.3. The number of amides is 1. The lowest BCUT2D eigenvalue weighted by Crippen LogP contribution is -2.26. The molecule has 0 aliphatic rings. The molecule has 8 heteroatoms. The molecule has 1 amide bonds. The number of ether oxygens (including phenoxy) is 1. The van der Waals surface area contributed by atoms with Crippen LogP contribution in [0.1, 0.15) is 29.6 Å². The van der Waals surface area contributed by atoms with E-state index in [2.05, 4.69) is 10.5 Å². The van der Waals surface area contributed by atoms with Gasteiger partial charge in [-0.1, -0.05) is 12.1 Å². The zero-order valence-corrected chi connectivity index (χ0v) is 13.1. The molecule has 24 heavy (non-hydrogen) atoms. The average Bonchev–Trinajstić information content (AvgIpc) is 3.02. The Morgan fingerprint density at radius 2 is 2.21 bits per heavy atom. The summed E-state index contributed by atoms with van der Waals surface area (Å²) >= 11 is 0. The van der Waals surface area contributed by atoms with E-state index in [0.29, 0.717) is 19.0 Å². The SMILES string of the molecule is C[C@@H](CO)CCNC(=O)c1cc(COc2ccc(F)cc2F)on1. The van der Waals surface area contributed by atoms with Gasteiger partial charge < -0.3 is 19.7 Å². The van der Waals surface area contributed by atoms with Crippen molar-refractivity contribution in [1.82, 2.24) is 10.5 Å². The monoisotopic (exact) mass is 340 g/mol. The molecule has 0 unspecified atom stereocenters. The van der Waals surface area contributed by atoms with Crippen LogP contribution in [0.15, 0.2) is 28.8 Å². The van der Waals surface area contributed by atoms with Gasteiger partial charge in [-0.15, -0.1) is 0 Å². The third-order valence-electron chi connectivity index (χ3n) is 3.29. The standard InChI is InChI=1S/C16H18F2N2O4/c1-10(8-21)4-5-19-16(22)14-7-12(24-20-14)9-23-15-3-2-11(17)6-13(15)18/h2-3,6-7,10,21H,4-5,8-9H2,1H3,(H,19,22)/t10-/m1/s1. The quantitative estimate of drug-likeness (QED) is 0.770. The van der Waals surface area contributed by atoms with Crippen LogP contribution >= 0.6 is 0 Å². The van der Waals surface area contributed by atoms with Gasteiger partial charge >= 0.3 is 0 Å². The summed E-state index contributed by atoms with van der Waals surface area (Å²) in [5, 5.41) is 15.2. The number of carbonyl (C=O) groups is 1. The number of aromatic nitrogens is 1. The Hall–Kier alpha value is -2.48. The number of aliphatic hydroxyl groups excluding tert-OH is 1. The second-order valence-corrected chi connectivity index (χ2v) is 5.37. The zero-order chi connectivity index (χ0) is 17.5. The minimum atomic E-state index is -0.828. The Kier molecular flexibility index (Phi) is 6.25. The van der Waals surface area contributed by atoms with E-state index in [0.717, 1.165) is 12.1 Å². The van der Waals surface area contributed by atoms with E-state index < -0.39 is 17.5 Å². The summed E-state index contributed by atoms with van der Waals surface area (Å²) in [6.45, 7) is 2.18. The van der Waals surface area contributed by atoms with E-state index in [1.54, 1.807) is 0 Å². The summed E-state index contributed by atoms with van der Waals surface area (Å²) in [7, 11) is 0. The summed E-state index contributed by atoms with van der Waals surface area (Å²) in [4.78, 5) is 11.9. The molecule has 0 aliphatic heterocycles. The second kappa shape index (κ2) is 8.39. The van der Waals surface area contributed by atoms with Gasteiger partial charge in [-0.05, 0) is 24.5 Å². The summed E-state index contributed by atoms with van der Waals surface area (Å²) in [6.07, 6.45) is 0.639. The maximum atomic E-state index is 13.4.